The fraction of sp³-hybridized carbons (Fsp3) is 0.278. The molecule has 0 bridgehead atoms. The Balaban J connectivity index is 1.58. The molecule has 0 amide bonds. The lowest BCUT2D eigenvalue weighted by molar-refractivity contribution is -0.838. The van der Waals surface area contributed by atoms with Gasteiger partial charge in [0, 0.05) is 0 Å². The van der Waals surface area contributed by atoms with Crippen LogP contribution in [0.1, 0.15) is 11.1 Å². The molecule has 0 aromatic heterocycles. The van der Waals surface area contributed by atoms with Crippen LogP contribution < -0.4 is 10.0 Å². The van der Waals surface area contributed by atoms with E-state index in [0.717, 1.165) is 26.2 Å². The van der Waals surface area contributed by atoms with Crippen molar-refractivity contribution in [3.8, 4) is 5.75 Å². The molecule has 1 fully saturated rings. The third-order valence-corrected chi connectivity index (χ3v) is 4.08. The van der Waals surface area contributed by atoms with E-state index < -0.39 is 0 Å². The third kappa shape index (κ3) is 3.46. The summed E-state index contributed by atoms with van der Waals surface area (Å²) < 4.78 is 0. The maximum Gasteiger partial charge on any atom is 0.131 e. The fourth-order valence-electron chi connectivity index (χ4n) is 2.69. The molecule has 0 saturated carbocycles. The lowest BCUT2D eigenvalue weighted by atomic mass is 10.2. The van der Waals surface area contributed by atoms with E-state index in [9.17, 15) is 5.11 Å². The van der Waals surface area contributed by atoms with Crippen molar-refractivity contribution in [1.29, 1.82) is 0 Å². The van der Waals surface area contributed by atoms with Crippen molar-refractivity contribution >= 4 is 11.9 Å². The zero-order valence-corrected chi connectivity index (χ0v) is 12.8. The zero-order chi connectivity index (χ0) is 15.4. The number of nitrogens with zero attached hydrogens (tertiary/aromatic N) is 2. The Bertz CT molecular complexity index is 644. The summed E-state index contributed by atoms with van der Waals surface area (Å²) >= 11 is 0. The molecule has 1 N–H and O–H groups in total. The van der Waals surface area contributed by atoms with E-state index in [4.69, 9.17) is 0 Å². The molecule has 0 unspecified atom stereocenters. The third-order valence-electron chi connectivity index (χ3n) is 4.08. The van der Waals surface area contributed by atoms with Crippen LogP contribution in [0.3, 0.4) is 0 Å². The van der Waals surface area contributed by atoms with Crippen molar-refractivity contribution < 1.29 is 10.0 Å². The van der Waals surface area contributed by atoms with Crippen molar-refractivity contribution in [2.45, 2.75) is 6.92 Å². The normalized spacial score (nSPS) is 16.3. The van der Waals surface area contributed by atoms with Gasteiger partial charge in [0.15, 0.2) is 0 Å². The summed E-state index contributed by atoms with van der Waals surface area (Å²) in [5, 5.41) is 18.1. The first-order valence-corrected chi connectivity index (χ1v) is 7.69. The number of hydrazone groups is 1. The summed E-state index contributed by atoms with van der Waals surface area (Å²) in [6.45, 7) is 5.97. The van der Waals surface area contributed by atoms with Gasteiger partial charge in [-0.15, -0.1) is 0 Å². The molecule has 1 aliphatic heterocycles. The Morgan fingerprint density at radius 1 is 1.05 bits per heavy atom. The highest BCUT2D eigenvalue weighted by atomic mass is 16.3. The summed E-state index contributed by atoms with van der Waals surface area (Å²) in [5.41, 5.74) is 3.29. The van der Waals surface area contributed by atoms with E-state index in [2.05, 4.69) is 36.3 Å². The van der Waals surface area contributed by atoms with Gasteiger partial charge in [-0.1, -0.05) is 47.7 Å². The highest BCUT2D eigenvalue weighted by Crippen LogP contribution is 2.10. The Labute approximate surface area is 131 Å². The van der Waals surface area contributed by atoms with E-state index >= 15 is 0 Å². The molecule has 1 heterocycles. The van der Waals surface area contributed by atoms with Crippen LogP contribution in [0.2, 0.25) is 0 Å². The molecular formula is C18H21N3O. The van der Waals surface area contributed by atoms with Crippen LogP contribution in [0.5, 0.6) is 5.75 Å². The molecule has 3 rings (SSSR count). The lowest BCUT2D eigenvalue weighted by Crippen LogP contribution is -3.10. The first-order chi connectivity index (χ1) is 10.7. The van der Waals surface area contributed by atoms with Crippen LogP contribution in [0.4, 0.5) is 5.69 Å². The highest BCUT2D eigenvalue weighted by molar-refractivity contribution is 5.82. The van der Waals surface area contributed by atoms with Gasteiger partial charge in [-0.05, 0) is 24.6 Å². The van der Waals surface area contributed by atoms with Gasteiger partial charge in [0.1, 0.15) is 18.8 Å². The Hall–Kier alpha value is -2.33. The molecule has 0 aliphatic carbocycles. The average molecular weight is 295 g/mol. The Morgan fingerprint density at radius 3 is 2.41 bits per heavy atom. The minimum absolute atomic E-state index is 0.0233. The number of aryl methyl sites for hydroxylation is 1. The molecule has 1 aliphatic rings. The smallest absolute Gasteiger partial charge is 0.131 e. The number of hydrogen-bond acceptors (Lipinski definition) is 3. The van der Waals surface area contributed by atoms with Crippen LogP contribution in [0.25, 0.3) is 0 Å². The molecule has 2 aromatic carbocycles. The largest absolute Gasteiger partial charge is 0.872 e. The van der Waals surface area contributed by atoms with Crippen LogP contribution in [-0.2, 0) is 0 Å². The van der Waals surface area contributed by atoms with E-state index in [1.165, 1.54) is 16.2 Å². The quantitative estimate of drug-likeness (QED) is 0.856. The minimum atomic E-state index is 0.0233. The second kappa shape index (κ2) is 6.62. The molecule has 0 spiro atoms. The monoisotopic (exact) mass is 295 g/mol. The molecule has 0 atom stereocenters. The SMILES string of the molecule is Cc1ccc([NH+]2CCN(N=Cc3ccccc3[O-])CC2)cc1. The molecule has 4 nitrogen and oxygen atoms in total. The van der Waals surface area contributed by atoms with Gasteiger partial charge in [-0.3, -0.25) is 9.91 Å². The van der Waals surface area contributed by atoms with Gasteiger partial charge in [0.05, 0.1) is 19.3 Å². The second-order valence-corrected chi connectivity index (χ2v) is 5.71. The van der Waals surface area contributed by atoms with Crippen molar-refractivity contribution in [2.24, 2.45) is 5.10 Å². The first-order valence-electron chi connectivity index (χ1n) is 7.69. The molecule has 1 saturated heterocycles. The van der Waals surface area contributed by atoms with E-state index in [-0.39, 0.29) is 5.75 Å². The van der Waals surface area contributed by atoms with Crippen molar-refractivity contribution in [3.63, 3.8) is 0 Å². The predicted octanol–water partition coefficient (Wildman–Crippen LogP) is 0.935. The predicted molar refractivity (Wildman–Crippen MR) is 86.6 cm³/mol. The van der Waals surface area contributed by atoms with Gasteiger partial charge in [-0.25, -0.2) is 0 Å². The molecular weight excluding hydrogens is 274 g/mol. The number of benzene rings is 2. The summed E-state index contributed by atoms with van der Waals surface area (Å²) in [4.78, 5) is 1.50. The Morgan fingerprint density at radius 2 is 1.73 bits per heavy atom. The topological polar surface area (TPSA) is 43.1 Å². The van der Waals surface area contributed by atoms with Gasteiger partial charge >= 0.3 is 0 Å². The van der Waals surface area contributed by atoms with E-state index in [1.807, 2.05) is 11.1 Å². The van der Waals surface area contributed by atoms with Crippen molar-refractivity contribution in [2.75, 3.05) is 26.2 Å². The van der Waals surface area contributed by atoms with Gasteiger partial charge in [0.25, 0.3) is 0 Å². The lowest BCUT2D eigenvalue weighted by Gasteiger charge is -2.30. The molecule has 2 aromatic rings. The highest BCUT2D eigenvalue weighted by Gasteiger charge is 2.20. The Kier molecular flexibility index (Phi) is 4.39. The molecule has 22 heavy (non-hydrogen) atoms. The van der Waals surface area contributed by atoms with Gasteiger partial charge < -0.3 is 5.11 Å². The van der Waals surface area contributed by atoms with Crippen LogP contribution in [0, 0.1) is 6.92 Å². The first kappa shape index (κ1) is 14.6. The van der Waals surface area contributed by atoms with Crippen molar-refractivity contribution in [3.05, 3.63) is 59.7 Å². The summed E-state index contributed by atoms with van der Waals surface area (Å²) in [5.74, 6) is 0.0233. The second-order valence-electron chi connectivity index (χ2n) is 5.71. The number of hydrogen-bond donors (Lipinski definition) is 1. The molecule has 114 valence electrons. The van der Waals surface area contributed by atoms with Crippen molar-refractivity contribution in [1.82, 2.24) is 5.01 Å². The van der Waals surface area contributed by atoms with Gasteiger partial charge in [-0.2, -0.15) is 5.10 Å². The van der Waals surface area contributed by atoms with Gasteiger partial charge in [0.2, 0.25) is 0 Å². The van der Waals surface area contributed by atoms with Crippen LogP contribution in [-0.4, -0.2) is 37.4 Å². The van der Waals surface area contributed by atoms with E-state index in [0.29, 0.717) is 5.56 Å². The maximum atomic E-state index is 11.6. The number of para-hydroxylation sites is 1. The number of quaternary nitrogens is 1. The zero-order valence-electron chi connectivity index (χ0n) is 12.8. The fourth-order valence-corrected chi connectivity index (χ4v) is 2.69. The molecule has 0 radical (unpaired) electrons. The summed E-state index contributed by atoms with van der Waals surface area (Å²) in [7, 11) is 0. The molecule has 4 heteroatoms. The van der Waals surface area contributed by atoms with Crippen LogP contribution >= 0.6 is 0 Å². The standard InChI is InChI=1S/C18H21N3O/c1-15-6-8-17(9-7-15)20-10-12-21(13-11-20)19-14-16-4-2-3-5-18(16)22/h2-9,14,22H,10-13H2,1H3. The minimum Gasteiger partial charge on any atom is -0.872 e. The number of nitrogens with one attached hydrogen (secondary N) is 1. The van der Waals surface area contributed by atoms with Crippen LogP contribution in [0.15, 0.2) is 53.6 Å². The maximum absolute atomic E-state index is 11.6. The summed E-state index contributed by atoms with van der Waals surface area (Å²) in [6, 6.07) is 15.7. The number of rotatable bonds is 3. The summed E-state index contributed by atoms with van der Waals surface area (Å²) in [6.07, 6.45) is 1.68. The number of piperazine rings is 1. The van der Waals surface area contributed by atoms with E-state index in [1.54, 1.807) is 24.4 Å². The average Bonchev–Trinajstić information content (AvgIpc) is 2.55.